The number of epoxide rings is 1. The summed E-state index contributed by atoms with van der Waals surface area (Å²) in [7, 11) is 1.84. The molecule has 1 saturated heterocycles. The number of carbonyl (C=O) groups excluding carboxylic acids is 1. The first-order valence-corrected chi connectivity index (χ1v) is 14.3. The summed E-state index contributed by atoms with van der Waals surface area (Å²) in [6.45, 7) is 18.4. The SMILES string of the molecule is CO[C@@H]1C=C2[C@H](CC[C@@]3(C)[C@H]([C@@H](C)C[C@@H](O)[C@@H]4OC4(C)C)CC[C@]23C)[C@@]2(C)CCC(=O)C(C)(C)[C@H]12. The zero-order valence-corrected chi connectivity index (χ0v) is 23.7. The zero-order chi connectivity index (χ0) is 25.8. The van der Waals surface area contributed by atoms with E-state index in [0.717, 1.165) is 12.8 Å². The van der Waals surface area contributed by atoms with Crippen LogP contribution in [0.15, 0.2) is 11.6 Å². The van der Waals surface area contributed by atoms with Crippen molar-refractivity contribution in [3.05, 3.63) is 11.6 Å². The quantitative estimate of drug-likeness (QED) is 0.363. The molecule has 0 radical (unpaired) electrons. The minimum absolute atomic E-state index is 0.00258. The maximum absolute atomic E-state index is 13.0. The topological polar surface area (TPSA) is 59.1 Å². The lowest BCUT2D eigenvalue weighted by atomic mass is 9.40. The Morgan fingerprint density at radius 3 is 2.34 bits per heavy atom. The summed E-state index contributed by atoms with van der Waals surface area (Å²) >= 11 is 0. The van der Waals surface area contributed by atoms with Gasteiger partial charge in [-0.1, -0.05) is 53.2 Å². The predicted molar refractivity (Wildman–Crippen MR) is 139 cm³/mol. The van der Waals surface area contributed by atoms with E-state index in [0.29, 0.717) is 30.0 Å². The third kappa shape index (κ3) is 3.44. The van der Waals surface area contributed by atoms with Crippen LogP contribution in [0.5, 0.6) is 0 Å². The Labute approximate surface area is 213 Å². The van der Waals surface area contributed by atoms with Crippen LogP contribution >= 0.6 is 0 Å². The Bertz CT molecular complexity index is 919. The van der Waals surface area contributed by atoms with Crippen molar-refractivity contribution in [2.45, 2.75) is 124 Å². The van der Waals surface area contributed by atoms with Gasteiger partial charge in [-0.3, -0.25) is 4.79 Å². The monoisotopic (exact) mass is 486 g/mol. The molecule has 0 aromatic carbocycles. The molecule has 198 valence electrons. The molecule has 35 heavy (non-hydrogen) atoms. The number of ether oxygens (including phenoxy) is 2. The highest BCUT2D eigenvalue weighted by Crippen LogP contribution is 2.73. The van der Waals surface area contributed by atoms with Crippen molar-refractivity contribution in [3.8, 4) is 0 Å². The fourth-order valence-electron chi connectivity index (χ4n) is 10.3. The van der Waals surface area contributed by atoms with Crippen LogP contribution in [0.3, 0.4) is 0 Å². The van der Waals surface area contributed by atoms with Crippen LogP contribution in [-0.4, -0.2) is 41.9 Å². The van der Waals surface area contributed by atoms with Gasteiger partial charge in [0.15, 0.2) is 0 Å². The summed E-state index contributed by atoms with van der Waals surface area (Å²) in [4.78, 5) is 13.0. The number of aliphatic hydroxyl groups excluding tert-OH is 1. The average Bonchev–Trinajstić information content (AvgIpc) is 3.31. The molecule has 10 atom stereocenters. The fraction of sp³-hybridized carbons (Fsp3) is 0.903. The maximum Gasteiger partial charge on any atom is 0.138 e. The highest BCUT2D eigenvalue weighted by Gasteiger charge is 2.67. The van der Waals surface area contributed by atoms with Crippen LogP contribution in [0.4, 0.5) is 0 Å². The Morgan fingerprint density at radius 1 is 1.09 bits per heavy atom. The third-order valence-electron chi connectivity index (χ3n) is 12.5. The van der Waals surface area contributed by atoms with Gasteiger partial charge in [0, 0.05) is 24.9 Å². The molecule has 4 heteroatoms. The van der Waals surface area contributed by atoms with Crippen molar-refractivity contribution in [3.63, 3.8) is 0 Å². The number of carbonyl (C=O) groups is 1. The second-order valence-corrected chi connectivity index (χ2v) is 14.9. The summed E-state index contributed by atoms with van der Waals surface area (Å²) in [6, 6.07) is 0. The minimum Gasteiger partial charge on any atom is -0.390 e. The number of rotatable bonds is 5. The number of allylic oxidation sites excluding steroid dienone is 1. The van der Waals surface area contributed by atoms with Gasteiger partial charge in [0.05, 0.1) is 17.8 Å². The summed E-state index contributed by atoms with van der Waals surface area (Å²) in [6.07, 6.45) is 9.47. The Hall–Kier alpha value is -0.710. The van der Waals surface area contributed by atoms with E-state index in [9.17, 15) is 9.90 Å². The first kappa shape index (κ1) is 25.9. The van der Waals surface area contributed by atoms with E-state index in [4.69, 9.17) is 9.47 Å². The first-order valence-electron chi connectivity index (χ1n) is 14.3. The smallest absolute Gasteiger partial charge is 0.138 e. The number of Topliss-reactive ketones (excluding diaryl/α,β-unsaturated/α-hetero) is 1. The molecule has 0 spiro atoms. The lowest BCUT2D eigenvalue weighted by Crippen LogP contribution is -2.61. The second kappa shape index (κ2) is 7.90. The third-order valence-corrected chi connectivity index (χ3v) is 12.5. The van der Waals surface area contributed by atoms with Gasteiger partial charge >= 0.3 is 0 Å². The van der Waals surface area contributed by atoms with Gasteiger partial charge in [-0.25, -0.2) is 0 Å². The molecule has 3 saturated carbocycles. The van der Waals surface area contributed by atoms with Crippen LogP contribution in [0.25, 0.3) is 0 Å². The van der Waals surface area contributed by atoms with E-state index >= 15 is 0 Å². The number of methoxy groups -OCH3 is 1. The highest BCUT2D eigenvalue weighted by atomic mass is 16.6. The molecule has 0 aromatic heterocycles. The van der Waals surface area contributed by atoms with Gasteiger partial charge in [0.25, 0.3) is 0 Å². The summed E-state index contributed by atoms with van der Waals surface area (Å²) in [5.41, 5.74) is 1.57. The van der Waals surface area contributed by atoms with E-state index in [2.05, 4.69) is 61.5 Å². The molecule has 5 rings (SSSR count). The molecular weight excluding hydrogens is 436 g/mol. The molecule has 4 aliphatic carbocycles. The Balaban J connectivity index is 1.46. The lowest BCUT2D eigenvalue weighted by molar-refractivity contribution is -0.159. The molecule has 0 amide bonds. The summed E-state index contributed by atoms with van der Waals surface area (Å²) in [5.74, 6) is 2.23. The molecule has 0 aromatic rings. The molecule has 5 aliphatic rings. The molecule has 0 bridgehead atoms. The second-order valence-electron chi connectivity index (χ2n) is 14.9. The van der Waals surface area contributed by atoms with E-state index in [-0.39, 0.29) is 51.5 Å². The summed E-state index contributed by atoms with van der Waals surface area (Å²) in [5, 5.41) is 10.9. The molecule has 1 heterocycles. The molecule has 1 aliphatic heterocycles. The van der Waals surface area contributed by atoms with Crippen molar-refractivity contribution < 1.29 is 19.4 Å². The molecule has 4 fully saturated rings. The Morgan fingerprint density at radius 2 is 1.74 bits per heavy atom. The number of hydrogen-bond acceptors (Lipinski definition) is 4. The highest BCUT2D eigenvalue weighted by molar-refractivity contribution is 5.85. The molecule has 4 nitrogen and oxygen atoms in total. The van der Waals surface area contributed by atoms with Gasteiger partial charge in [0.2, 0.25) is 0 Å². The van der Waals surface area contributed by atoms with Gasteiger partial charge in [-0.15, -0.1) is 0 Å². The van der Waals surface area contributed by atoms with Crippen molar-refractivity contribution in [1.29, 1.82) is 0 Å². The fourth-order valence-corrected chi connectivity index (χ4v) is 10.3. The largest absolute Gasteiger partial charge is 0.390 e. The predicted octanol–water partition coefficient (Wildman–Crippen LogP) is 6.35. The van der Waals surface area contributed by atoms with Crippen LogP contribution in [0.1, 0.15) is 100 Å². The summed E-state index contributed by atoms with van der Waals surface area (Å²) < 4.78 is 12.0. The van der Waals surface area contributed by atoms with Crippen molar-refractivity contribution in [1.82, 2.24) is 0 Å². The maximum atomic E-state index is 13.0. The van der Waals surface area contributed by atoms with Crippen LogP contribution < -0.4 is 0 Å². The minimum atomic E-state index is -0.375. The van der Waals surface area contributed by atoms with E-state index in [1.807, 2.05) is 7.11 Å². The van der Waals surface area contributed by atoms with Crippen molar-refractivity contribution in [2.75, 3.05) is 7.11 Å². The molecule has 0 unspecified atom stereocenters. The number of ketones is 1. The lowest BCUT2D eigenvalue weighted by Gasteiger charge is -2.64. The molecule has 1 N–H and O–H groups in total. The van der Waals surface area contributed by atoms with Gasteiger partial charge < -0.3 is 14.6 Å². The number of fused-ring (bicyclic) bond motifs is 5. The van der Waals surface area contributed by atoms with E-state index < -0.39 is 0 Å². The number of aliphatic hydroxyl groups is 1. The average molecular weight is 487 g/mol. The Kier molecular flexibility index (Phi) is 5.85. The normalized spacial score (nSPS) is 49.4. The van der Waals surface area contributed by atoms with Crippen LogP contribution in [0, 0.1) is 45.3 Å². The van der Waals surface area contributed by atoms with Gasteiger partial charge in [-0.05, 0) is 86.4 Å². The van der Waals surface area contributed by atoms with E-state index in [1.54, 1.807) is 5.57 Å². The van der Waals surface area contributed by atoms with Gasteiger partial charge in [0.1, 0.15) is 11.9 Å². The van der Waals surface area contributed by atoms with Crippen LogP contribution in [0.2, 0.25) is 0 Å². The zero-order valence-electron chi connectivity index (χ0n) is 23.7. The first-order chi connectivity index (χ1) is 16.1. The standard InChI is InChI=1S/C31H50O4/c1-18(16-22(32)26-28(4,5)35-26)19-10-14-31(8)21-17-23(34-9)25-27(2,3)24(33)12-13-29(25,6)20(21)11-15-30(19,31)7/h17-20,22-23,25-26,32H,10-16H2,1-9H3/t18-,19-,20-,22+,23+,25-,26-,29+,30-,31+/m0/s1. The van der Waals surface area contributed by atoms with E-state index in [1.165, 1.54) is 25.7 Å². The van der Waals surface area contributed by atoms with Gasteiger partial charge in [-0.2, -0.15) is 0 Å². The van der Waals surface area contributed by atoms with Crippen molar-refractivity contribution >= 4 is 5.78 Å². The van der Waals surface area contributed by atoms with Crippen molar-refractivity contribution in [2.24, 2.45) is 45.3 Å². The van der Waals surface area contributed by atoms with Crippen LogP contribution in [-0.2, 0) is 14.3 Å². The molecular formula is C31H50O4. The number of hydrogen-bond donors (Lipinski definition) is 1.